The molecule has 1 atom stereocenters. The number of amides is 1. The van der Waals surface area contributed by atoms with Gasteiger partial charge in [0.1, 0.15) is 11.5 Å². The van der Waals surface area contributed by atoms with Gasteiger partial charge in [-0.15, -0.1) is 0 Å². The van der Waals surface area contributed by atoms with Crippen LogP contribution in [-0.2, 0) is 14.3 Å². The zero-order valence-corrected chi connectivity index (χ0v) is 26.7. The topological polar surface area (TPSA) is 97.8 Å². The molecule has 9 nitrogen and oxygen atoms in total. The first-order chi connectivity index (χ1) is 21.4. The van der Waals surface area contributed by atoms with Crippen LogP contribution in [0, 0.1) is 6.92 Å². The zero-order chi connectivity index (χ0) is 31.5. The molecule has 0 aliphatic carbocycles. The number of Topliss-reactive ketones (excluding diaryl/α,β-unsaturated/α-hetero) is 1. The second-order valence-electron chi connectivity index (χ2n) is 11.4. The van der Waals surface area contributed by atoms with Crippen LogP contribution in [0.5, 0.6) is 17.2 Å². The lowest BCUT2D eigenvalue weighted by molar-refractivity contribution is -0.140. The lowest BCUT2D eigenvalue weighted by Crippen LogP contribution is -2.39. The average molecular weight is 609 g/mol. The molecule has 0 radical (unpaired) electrons. The SMILES string of the molecule is CCCCCOc1ccc(C2/C(=C(\O)c3ccc(OCCCC)c(C)c3)C(=O)C(=O)N2CCCN2CCOCC2)cc1OC. The molecule has 2 aromatic carbocycles. The Morgan fingerprint density at radius 2 is 1.59 bits per heavy atom. The molecular formula is C35H48N2O7. The molecule has 2 heterocycles. The van der Waals surface area contributed by atoms with E-state index in [0.717, 1.165) is 63.1 Å². The quantitative estimate of drug-likeness (QED) is 0.109. The van der Waals surface area contributed by atoms with Crippen molar-refractivity contribution in [1.82, 2.24) is 9.80 Å². The molecule has 4 rings (SSSR count). The molecular weight excluding hydrogens is 560 g/mol. The smallest absolute Gasteiger partial charge is 0.295 e. The summed E-state index contributed by atoms with van der Waals surface area (Å²) in [6.07, 6.45) is 5.76. The number of likely N-dealkylation sites (tertiary alicyclic amines) is 1. The largest absolute Gasteiger partial charge is 0.507 e. The number of aliphatic hydroxyl groups excluding tert-OH is 1. The fraction of sp³-hybridized carbons (Fsp3) is 0.543. The van der Waals surface area contributed by atoms with Crippen LogP contribution in [0.25, 0.3) is 5.76 Å². The van der Waals surface area contributed by atoms with Crippen molar-refractivity contribution in [2.75, 3.05) is 59.7 Å². The van der Waals surface area contributed by atoms with Gasteiger partial charge in [-0.2, -0.15) is 0 Å². The predicted molar refractivity (Wildman–Crippen MR) is 170 cm³/mol. The van der Waals surface area contributed by atoms with Crippen molar-refractivity contribution in [1.29, 1.82) is 0 Å². The molecule has 2 fully saturated rings. The number of carbonyl (C=O) groups excluding carboxylic acids is 2. The summed E-state index contributed by atoms with van der Waals surface area (Å²) in [7, 11) is 1.57. The van der Waals surface area contributed by atoms with E-state index >= 15 is 0 Å². The van der Waals surface area contributed by atoms with E-state index in [-0.39, 0.29) is 11.3 Å². The van der Waals surface area contributed by atoms with E-state index in [2.05, 4.69) is 18.7 Å². The number of carbonyl (C=O) groups is 2. The van der Waals surface area contributed by atoms with Crippen LogP contribution < -0.4 is 14.2 Å². The maximum atomic E-state index is 13.6. The van der Waals surface area contributed by atoms with Gasteiger partial charge in [0.2, 0.25) is 0 Å². The Morgan fingerprint density at radius 1 is 0.886 bits per heavy atom. The summed E-state index contributed by atoms with van der Waals surface area (Å²) >= 11 is 0. The minimum absolute atomic E-state index is 0.0686. The Bertz CT molecular complexity index is 1300. The Labute approximate surface area is 261 Å². The van der Waals surface area contributed by atoms with Crippen LogP contribution in [-0.4, -0.2) is 86.3 Å². The fourth-order valence-corrected chi connectivity index (χ4v) is 5.69. The molecule has 0 saturated carbocycles. The third-order valence-corrected chi connectivity index (χ3v) is 8.23. The maximum Gasteiger partial charge on any atom is 0.295 e. The molecule has 240 valence electrons. The van der Waals surface area contributed by atoms with E-state index in [9.17, 15) is 14.7 Å². The van der Waals surface area contributed by atoms with Crippen molar-refractivity contribution in [2.45, 2.75) is 65.3 Å². The van der Waals surface area contributed by atoms with E-state index in [1.807, 2.05) is 25.1 Å². The lowest BCUT2D eigenvalue weighted by Gasteiger charge is -2.29. The number of ether oxygens (including phenoxy) is 4. The van der Waals surface area contributed by atoms with E-state index in [4.69, 9.17) is 18.9 Å². The lowest BCUT2D eigenvalue weighted by atomic mass is 9.94. The van der Waals surface area contributed by atoms with Crippen molar-refractivity contribution in [3.05, 3.63) is 58.7 Å². The first-order valence-corrected chi connectivity index (χ1v) is 16.0. The Hall–Kier alpha value is -3.56. The highest BCUT2D eigenvalue weighted by Crippen LogP contribution is 2.42. The third-order valence-electron chi connectivity index (χ3n) is 8.23. The maximum absolute atomic E-state index is 13.6. The van der Waals surface area contributed by atoms with Crippen LogP contribution in [0.2, 0.25) is 0 Å². The number of hydrogen-bond donors (Lipinski definition) is 1. The molecule has 0 bridgehead atoms. The van der Waals surface area contributed by atoms with Crippen LogP contribution in [0.3, 0.4) is 0 Å². The van der Waals surface area contributed by atoms with Crippen LogP contribution in [0.1, 0.15) is 75.1 Å². The zero-order valence-electron chi connectivity index (χ0n) is 26.7. The normalized spacial score (nSPS) is 18.5. The summed E-state index contributed by atoms with van der Waals surface area (Å²) in [4.78, 5) is 31.0. The van der Waals surface area contributed by atoms with Crippen molar-refractivity contribution in [3.8, 4) is 17.2 Å². The number of aryl methyl sites for hydroxylation is 1. The summed E-state index contributed by atoms with van der Waals surface area (Å²) < 4.78 is 23.0. The van der Waals surface area contributed by atoms with Gasteiger partial charge in [-0.3, -0.25) is 14.5 Å². The summed E-state index contributed by atoms with van der Waals surface area (Å²) in [6.45, 7) is 11.6. The summed E-state index contributed by atoms with van der Waals surface area (Å²) in [5.74, 6) is 0.334. The molecule has 2 aromatic rings. The number of benzene rings is 2. The summed E-state index contributed by atoms with van der Waals surface area (Å²) in [6, 6.07) is 10.1. The minimum Gasteiger partial charge on any atom is -0.507 e. The van der Waals surface area contributed by atoms with Gasteiger partial charge in [0.25, 0.3) is 11.7 Å². The summed E-state index contributed by atoms with van der Waals surface area (Å²) in [5.41, 5.74) is 2.04. The minimum atomic E-state index is -0.775. The molecule has 2 aliphatic rings. The Morgan fingerprint density at radius 3 is 2.30 bits per heavy atom. The molecule has 2 aliphatic heterocycles. The number of morpholine rings is 1. The molecule has 2 saturated heterocycles. The molecule has 0 spiro atoms. The second kappa shape index (κ2) is 16.5. The monoisotopic (exact) mass is 608 g/mol. The molecule has 1 unspecified atom stereocenters. The number of hydrogen-bond acceptors (Lipinski definition) is 8. The van der Waals surface area contributed by atoms with Gasteiger partial charge < -0.3 is 29.0 Å². The average Bonchev–Trinajstić information content (AvgIpc) is 3.29. The van der Waals surface area contributed by atoms with Crippen molar-refractivity contribution < 1.29 is 33.6 Å². The number of aliphatic hydroxyl groups is 1. The number of unbranched alkanes of at least 4 members (excludes halogenated alkanes) is 3. The van der Waals surface area contributed by atoms with Crippen molar-refractivity contribution in [3.63, 3.8) is 0 Å². The van der Waals surface area contributed by atoms with Crippen LogP contribution >= 0.6 is 0 Å². The van der Waals surface area contributed by atoms with Gasteiger partial charge in [0.05, 0.1) is 45.2 Å². The van der Waals surface area contributed by atoms with Crippen LogP contribution in [0.15, 0.2) is 42.0 Å². The predicted octanol–water partition coefficient (Wildman–Crippen LogP) is 5.90. The molecule has 1 N–H and O–H groups in total. The van der Waals surface area contributed by atoms with Gasteiger partial charge in [-0.1, -0.05) is 39.2 Å². The van der Waals surface area contributed by atoms with E-state index in [1.54, 1.807) is 30.2 Å². The van der Waals surface area contributed by atoms with Crippen LogP contribution in [0.4, 0.5) is 0 Å². The van der Waals surface area contributed by atoms with E-state index in [0.29, 0.717) is 62.0 Å². The molecule has 44 heavy (non-hydrogen) atoms. The van der Waals surface area contributed by atoms with Gasteiger partial charge >= 0.3 is 0 Å². The number of nitrogens with zero attached hydrogens (tertiary/aromatic N) is 2. The van der Waals surface area contributed by atoms with Gasteiger partial charge in [-0.05, 0) is 67.6 Å². The Kier molecular flexibility index (Phi) is 12.5. The molecule has 9 heteroatoms. The second-order valence-corrected chi connectivity index (χ2v) is 11.4. The first-order valence-electron chi connectivity index (χ1n) is 16.0. The fourth-order valence-electron chi connectivity index (χ4n) is 5.69. The molecule has 0 aromatic heterocycles. The van der Waals surface area contributed by atoms with Gasteiger partial charge in [0, 0.05) is 31.7 Å². The molecule has 1 amide bonds. The number of ketones is 1. The Balaban J connectivity index is 1.68. The van der Waals surface area contributed by atoms with E-state index < -0.39 is 17.7 Å². The van der Waals surface area contributed by atoms with Crippen molar-refractivity contribution >= 4 is 17.4 Å². The highest BCUT2D eigenvalue weighted by atomic mass is 16.5. The van der Waals surface area contributed by atoms with E-state index in [1.165, 1.54) is 0 Å². The van der Waals surface area contributed by atoms with Gasteiger partial charge in [0.15, 0.2) is 11.5 Å². The number of methoxy groups -OCH3 is 1. The van der Waals surface area contributed by atoms with Gasteiger partial charge in [-0.25, -0.2) is 0 Å². The first kappa shape index (κ1) is 33.3. The third kappa shape index (κ3) is 8.12. The highest BCUT2D eigenvalue weighted by Gasteiger charge is 2.46. The standard InChI is InChI=1S/C35H48N2O7/c1-5-7-9-20-44-29-14-11-26(24-30(29)41-4)32-31(33(38)27-12-13-28(25(3)23-27)43-19-8-6-2)34(39)35(40)37(32)16-10-15-36-17-21-42-22-18-36/h11-14,23-24,32,38H,5-10,15-22H2,1-4H3/b33-31+. The van der Waals surface area contributed by atoms with Crippen molar-refractivity contribution in [2.24, 2.45) is 0 Å². The highest BCUT2D eigenvalue weighted by molar-refractivity contribution is 6.46. The number of rotatable bonds is 16. The summed E-state index contributed by atoms with van der Waals surface area (Å²) in [5, 5.41) is 11.6.